The molecule has 0 fully saturated rings. The fourth-order valence-corrected chi connectivity index (χ4v) is 2.41. The Bertz CT molecular complexity index is 835. The molecule has 0 radical (unpaired) electrons. The van der Waals surface area contributed by atoms with Crippen LogP contribution >= 0.6 is 11.6 Å². The van der Waals surface area contributed by atoms with Crippen LogP contribution < -0.4 is 16.0 Å². The van der Waals surface area contributed by atoms with Crippen molar-refractivity contribution >= 4 is 35.0 Å². The summed E-state index contributed by atoms with van der Waals surface area (Å²) in [6.07, 6.45) is 2.12. The van der Waals surface area contributed by atoms with Gasteiger partial charge in [0.25, 0.3) is 5.91 Å². The van der Waals surface area contributed by atoms with E-state index < -0.39 is 11.8 Å². The summed E-state index contributed by atoms with van der Waals surface area (Å²) in [7, 11) is 0. The average Bonchev–Trinajstić information content (AvgIpc) is 2.68. The molecule has 0 saturated heterocycles. The fourth-order valence-electron chi connectivity index (χ4n) is 2.28. The van der Waals surface area contributed by atoms with Crippen LogP contribution in [0.4, 0.5) is 5.69 Å². The Morgan fingerprint density at radius 1 is 0.963 bits per heavy atom. The lowest BCUT2D eigenvalue weighted by atomic mass is 10.1. The minimum atomic E-state index is -0.838. The SMILES string of the molecule is C=CCNC(=O)c1ccccc1NC(=O)C(=O)NCCc1ccc(Cl)cc1. The average molecular weight is 386 g/mol. The van der Waals surface area contributed by atoms with Crippen molar-refractivity contribution in [1.82, 2.24) is 10.6 Å². The molecular formula is C20H20ClN3O3. The summed E-state index contributed by atoms with van der Waals surface area (Å²) in [6.45, 7) is 4.13. The third kappa shape index (κ3) is 6.27. The quantitative estimate of drug-likeness (QED) is 0.505. The van der Waals surface area contributed by atoms with Crippen molar-refractivity contribution in [3.05, 3.63) is 77.3 Å². The maximum Gasteiger partial charge on any atom is 0.313 e. The third-order valence-electron chi connectivity index (χ3n) is 3.65. The number of hydrogen-bond donors (Lipinski definition) is 3. The molecule has 0 unspecified atom stereocenters. The molecule has 0 aliphatic heterocycles. The highest BCUT2D eigenvalue weighted by molar-refractivity contribution is 6.40. The number of hydrogen-bond acceptors (Lipinski definition) is 3. The van der Waals surface area contributed by atoms with Crippen molar-refractivity contribution in [2.75, 3.05) is 18.4 Å². The second-order valence-corrected chi connectivity index (χ2v) is 6.07. The van der Waals surface area contributed by atoms with Crippen LogP contribution in [0, 0.1) is 0 Å². The normalized spacial score (nSPS) is 9.96. The van der Waals surface area contributed by atoms with Crippen LogP contribution in [-0.2, 0) is 16.0 Å². The second-order valence-electron chi connectivity index (χ2n) is 5.63. The number of carbonyl (C=O) groups is 3. The fraction of sp³-hybridized carbons (Fsp3) is 0.150. The van der Waals surface area contributed by atoms with E-state index in [0.717, 1.165) is 5.56 Å². The Balaban J connectivity index is 1.90. The van der Waals surface area contributed by atoms with Gasteiger partial charge in [-0.3, -0.25) is 14.4 Å². The molecular weight excluding hydrogens is 366 g/mol. The van der Waals surface area contributed by atoms with E-state index >= 15 is 0 Å². The number of nitrogens with one attached hydrogen (secondary N) is 3. The lowest BCUT2D eigenvalue weighted by Crippen LogP contribution is -2.37. The standard InChI is InChI=1S/C20H20ClN3O3/c1-2-12-22-18(25)16-5-3-4-6-17(16)24-20(27)19(26)23-13-11-14-7-9-15(21)10-8-14/h2-10H,1,11-13H2,(H,22,25)(H,23,26)(H,24,27). The Labute approximate surface area is 162 Å². The second kappa shape index (κ2) is 10.1. The number of para-hydroxylation sites is 1. The molecule has 3 amide bonds. The molecule has 2 aromatic carbocycles. The van der Waals surface area contributed by atoms with Gasteiger partial charge in [-0.2, -0.15) is 0 Å². The third-order valence-corrected chi connectivity index (χ3v) is 3.90. The topological polar surface area (TPSA) is 87.3 Å². The predicted octanol–water partition coefficient (Wildman–Crippen LogP) is 2.55. The van der Waals surface area contributed by atoms with Crippen LogP contribution in [0.3, 0.4) is 0 Å². The highest BCUT2D eigenvalue weighted by Gasteiger charge is 2.17. The molecule has 0 aliphatic carbocycles. The number of carbonyl (C=O) groups excluding carboxylic acids is 3. The monoisotopic (exact) mass is 385 g/mol. The van der Waals surface area contributed by atoms with E-state index in [9.17, 15) is 14.4 Å². The van der Waals surface area contributed by atoms with Crippen molar-refractivity contribution in [2.45, 2.75) is 6.42 Å². The molecule has 0 heterocycles. The number of amides is 3. The number of benzene rings is 2. The first-order valence-corrected chi connectivity index (χ1v) is 8.71. The lowest BCUT2D eigenvalue weighted by molar-refractivity contribution is -0.136. The first-order valence-electron chi connectivity index (χ1n) is 8.33. The zero-order chi connectivity index (χ0) is 19.6. The largest absolute Gasteiger partial charge is 0.349 e. The summed E-state index contributed by atoms with van der Waals surface area (Å²) in [5.74, 6) is -1.98. The number of halogens is 1. The number of anilines is 1. The Kier molecular flexibility index (Phi) is 7.58. The van der Waals surface area contributed by atoms with E-state index in [4.69, 9.17) is 11.6 Å². The van der Waals surface area contributed by atoms with Crippen molar-refractivity contribution in [3.8, 4) is 0 Å². The molecule has 0 atom stereocenters. The van der Waals surface area contributed by atoms with Gasteiger partial charge < -0.3 is 16.0 Å². The summed E-state index contributed by atoms with van der Waals surface area (Å²) in [5, 5.41) is 8.29. The molecule has 27 heavy (non-hydrogen) atoms. The van der Waals surface area contributed by atoms with Crippen molar-refractivity contribution in [3.63, 3.8) is 0 Å². The molecule has 0 spiro atoms. The zero-order valence-electron chi connectivity index (χ0n) is 14.6. The van der Waals surface area contributed by atoms with Crippen LogP contribution in [0.5, 0.6) is 0 Å². The van der Waals surface area contributed by atoms with Crippen LogP contribution in [-0.4, -0.2) is 30.8 Å². The molecule has 2 aromatic rings. The van der Waals surface area contributed by atoms with E-state index in [0.29, 0.717) is 24.5 Å². The van der Waals surface area contributed by atoms with Gasteiger partial charge in [-0.15, -0.1) is 6.58 Å². The first kappa shape index (κ1) is 20.2. The molecule has 140 valence electrons. The zero-order valence-corrected chi connectivity index (χ0v) is 15.4. The van der Waals surface area contributed by atoms with Crippen molar-refractivity contribution in [1.29, 1.82) is 0 Å². The molecule has 2 rings (SSSR count). The van der Waals surface area contributed by atoms with E-state index in [2.05, 4.69) is 22.5 Å². The van der Waals surface area contributed by atoms with E-state index in [1.807, 2.05) is 12.1 Å². The minimum absolute atomic E-state index is 0.261. The van der Waals surface area contributed by atoms with Gasteiger partial charge in [-0.25, -0.2) is 0 Å². The summed E-state index contributed by atoms with van der Waals surface area (Å²) < 4.78 is 0. The van der Waals surface area contributed by atoms with Gasteiger partial charge in [0, 0.05) is 18.1 Å². The van der Waals surface area contributed by atoms with Crippen molar-refractivity contribution < 1.29 is 14.4 Å². The molecule has 0 saturated carbocycles. The van der Waals surface area contributed by atoms with Crippen molar-refractivity contribution in [2.24, 2.45) is 0 Å². The van der Waals surface area contributed by atoms with Crippen LogP contribution in [0.25, 0.3) is 0 Å². The molecule has 7 heteroatoms. The molecule has 6 nitrogen and oxygen atoms in total. The molecule has 0 bridgehead atoms. The predicted molar refractivity (Wildman–Crippen MR) is 106 cm³/mol. The van der Waals surface area contributed by atoms with Crippen LogP contribution in [0.2, 0.25) is 5.02 Å². The maximum atomic E-state index is 12.1. The van der Waals surface area contributed by atoms with Gasteiger partial charge in [0.2, 0.25) is 0 Å². The lowest BCUT2D eigenvalue weighted by Gasteiger charge is -2.11. The number of rotatable bonds is 7. The molecule has 0 aliphatic rings. The summed E-state index contributed by atoms with van der Waals surface area (Å²) in [4.78, 5) is 36.2. The van der Waals surface area contributed by atoms with E-state index in [1.54, 1.807) is 42.5 Å². The minimum Gasteiger partial charge on any atom is -0.349 e. The molecule has 3 N–H and O–H groups in total. The van der Waals surface area contributed by atoms with Gasteiger partial charge in [0.1, 0.15) is 0 Å². The van der Waals surface area contributed by atoms with Gasteiger partial charge in [-0.1, -0.05) is 41.9 Å². The Morgan fingerprint density at radius 3 is 2.37 bits per heavy atom. The highest BCUT2D eigenvalue weighted by atomic mass is 35.5. The first-order chi connectivity index (χ1) is 13.0. The Hall–Kier alpha value is -3.12. The maximum absolute atomic E-state index is 12.1. The molecule has 0 aromatic heterocycles. The summed E-state index contributed by atoms with van der Waals surface area (Å²) >= 11 is 5.82. The highest BCUT2D eigenvalue weighted by Crippen LogP contribution is 2.15. The van der Waals surface area contributed by atoms with E-state index in [-0.39, 0.29) is 17.2 Å². The van der Waals surface area contributed by atoms with Crippen LogP contribution in [0.1, 0.15) is 15.9 Å². The summed E-state index contributed by atoms with van der Waals surface area (Å²) in [5.41, 5.74) is 1.52. The van der Waals surface area contributed by atoms with Gasteiger partial charge in [-0.05, 0) is 36.2 Å². The van der Waals surface area contributed by atoms with Gasteiger partial charge in [0.15, 0.2) is 0 Å². The Morgan fingerprint density at radius 2 is 1.67 bits per heavy atom. The smallest absolute Gasteiger partial charge is 0.313 e. The van der Waals surface area contributed by atoms with Crippen LogP contribution in [0.15, 0.2) is 61.2 Å². The van der Waals surface area contributed by atoms with Gasteiger partial charge in [0.05, 0.1) is 11.3 Å². The summed E-state index contributed by atoms with van der Waals surface area (Å²) in [6, 6.07) is 13.7. The van der Waals surface area contributed by atoms with Gasteiger partial charge >= 0.3 is 11.8 Å². The van der Waals surface area contributed by atoms with E-state index in [1.165, 1.54) is 0 Å².